The Bertz CT molecular complexity index is 802. The summed E-state index contributed by atoms with van der Waals surface area (Å²) in [4.78, 5) is 0. The van der Waals surface area contributed by atoms with Crippen LogP contribution in [-0.2, 0) is 31.2 Å². The molecule has 184 valence electrons. The first-order valence-corrected chi connectivity index (χ1v) is 13.7. The quantitative estimate of drug-likeness (QED) is 0.237. The number of nitrogen functional groups attached to an aromatic ring is 1. The molecule has 3 atom stereocenters. The molecule has 2 N–H and O–H groups in total. The Labute approximate surface area is 206 Å². The van der Waals surface area contributed by atoms with Crippen molar-refractivity contribution in [3.05, 3.63) is 64.7 Å². The third-order valence-corrected chi connectivity index (χ3v) is 7.77. The average Bonchev–Trinajstić information content (AvgIpc) is 2.81. The number of ether oxygens (including phenoxy) is 2. The van der Waals surface area contributed by atoms with Crippen LogP contribution >= 0.6 is 0 Å². The highest BCUT2D eigenvalue weighted by atomic mass is 28.2. The minimum absolute atomic E-state index is 0.209. The van der Waals surface area contributed by atoms with E-state index in [1.807, 2.05) is 6.07 Å². The zero-order chi connectivity index (χ0) is 24.2. The molecule has 5 nitrogen and oxygen atoms in total. The summed E-state index contributed by atoms with van der Waals surface area (Å²) < 4.78 is 23.3. The van der Waals surface area contributed by atoms with Gasteiger partial charge < -0.3 is 24.1 Å². The van der Waals surface area contributed by atoms with Crippen LogP contribution in [0.4, 0.5) is 5.69 Å². The maximum Gasteiger partial charge on any atom is 0.160 e. The van der Waals surface area contributed by atoms with Gasteiger partial charge in [-0.2, -0.15) is 0 Å². The summed E-state index contributed by atoms with van der Waals surface area (Å²) in [7, 11) is 1.49. The Morgan fingerprint density at radius 1 is 0.818 bits per heavy atom. The Balaban J connectivity index is 2.03. The summed E-state index contributed by atoms with van der Waals surface area (Å²) in [6, 6.07) is 15.0. The monoisotopic (exact) mass is 489 g/mol. The minimum Gasteiger partial charge on any atom is -0.425 e. The van der Waals surface area contributed by atoms with Crippen LogP contribution in [0, 0.1) is 12.8 Å². The van der Waals surface area contributed by atoms with Gasteiger partial charge in [-0.1, -0.05) is 48.9 Å². The van der Waals surface area contributed by atoms with E-state index in [1.54, 1.807) is 0 Å². The average molecular weight is 490 g/mol. The lowest BCUT2D eigenvalue weighted by atomic mass is 9.95. The summed E-state index contributed by atoms with van der Waals surface area (Å²) in [5.74, 6) is 0.209. The normalized spacial score (nSPS) is 15.4. The van der Waals surface area contributed by atoms with Crippen molar-refractivity contribution in [2.45, 2.75) is 71.9 Å². The number of benzene rings is 2. The van der Waals surface area contributed by atoms with Crippen molar-refractivity contribution in [2.24, 2.45) is 5.92 Å². The Kier molecular flexibility index (Phi) is 12.4. The summed E-state index contributed by atoms with van der Waals surface area (Å²) in [6.45, 7) is 9.74. The van der Waals surface area contributed by atoms with Gasteiger partial charge in [0.15, 0.2) is 6.29 Å². The Hall–Kier alpha value is -1.49. The zero-order valence-electron chi connectivity index (χ0n) is 21.3. The number of anilines is 1. The van der Waals surface area contributed by atoms with Crippen LogP contribution in [0.25, 0.3) is 0 Å². The SMILES string of the molecule is Cc1ccc(Cc2cc(CC(C)C(OCCC(C)O[SiH3])OCCC(C)O[SiH3])ccc2N)cc1. The number of rotatable bonds is 15. The first-order valence-electron chi connectivity index (χ1n) is 12.0. The number of aryl methyl sites for hydroxylation is 1. The van der Waals surface area contributed by atoms with Crippen LogP contribution in [0.2, 0.25) is 0 Å². The predicted molar refractivity (Wildman–Crippen MR) is 144 cm³/mol. The number of hydrogen-bond acceptors (Lipinski definition) is 5. The van der Waals surface area contributed by atoms with Gasteiger partial charge in [0, 0.05) is 23.8 Å². The smallest absolute Gasteiger partial charge is 0.160 e. The van der Waals surface area contributed by atoms with E-state index >= 15 is 0 Å². The van der Waals surface area contributed by atoms with Crippen LogP contribution in [0.1, 0.15) is 55.9 Å². The Morgan fingerprint density at radius 2 is 1.36 bits per heavy atom. The summed E-state index contributed by atoms with van der Waals surface area (Å²) in [5, 5.41) is 0. The lowest BCUT2D eigenvalue weighted by molar-refractivity contribution is -0.173. The second kappa shape index (κ2) is 14.7. The van der Waals surface area contributed by atoms with Crippen LogP contribution in [0.3, 0.4) is 0 Å². The molecule has 3 unspecified atom stereocenters. The maximum atomic E-state index is 6.30. The van der Waals surface area contributed by atoms with Crippen molar-refractivity contribution in [1.82, 2.24) is 0 Å². The standard InChI is InChI=1S/C26H43NO4Si2/c1-18-5-7-22(8-6-18)16-24-17-23(9-10-25(24)27)15-19(2)26(28-13-11-20(3)30-32)29-14-12-21(4)31-33/h5-10,17,19-21,26H,11-16,27H2,1-4,32-33H3. The minimum atomic E-state index is -0.259. The molecule has 0 bridgehead atoms. The highest BCUT2D eigenvalue weighted by Gasteiger charge is 2.20. The highest BCUT2D eigenvalue weighted by molar-refractivity contribution is 5.98. The van der Waals surface area contributed by atoms with Gasteiger partial charge in [0.05, 0.1) is 13.2 Å². The maximum absolute atomic E-state index is 6.30. The number of hydrogen-bond donors (Lipinski definition) is 1. The molecule has 2 aromatic carbocycles. The molecule has 0 saturated carbocycles. The van der Waals surface area contributed by atoms with Crippen molar-refractivity contribution in [3.63, 3.8) is 0 Å². The lowest BCUT2D eigenvalue weighted by Crippen LogP contribution is -2.29. The van der Waals surface area contributed by atoms with E-state index in [0.29, 0.717) is 13.2 Å². The first kappa shape index (κ1) is 27.8. The van der Waals surface area contributed by atoms with Crippen molar-refractivity contribution in [1.29, 1.82) is 0 Å². The van der Waals surface area contributed by atoms with Crippen LogP contribution in [0.5, 0.6) is 0 Å². The van der Waals surface area contributed by atoms with E-state index < -0.39 is 0 Å². The summed E-state index contributed by atoms with van der Waals surface area (Å²) >= 11 is 0. The fourth-order valence-corrected chi connectivity index (χ4v) is 4.12. The molecule has 0 amide bonds. The fraction of sp³-hybridized carbons (Fsp3) is 0.538. The molecule has 0 aliphatic carbocycles. The molecule has 7 heteroatoms. The molecular weight excluding hydrogens is 446 g/mol. The van der Waals surface area contributed by atoms with Crippen molar-refractivity contribution < 1.29 is 18.3 Å². The molecule has 0 heterocycles. The van der Waals surface area contributed by atoms with E-state index in [2.05, 4.69) is 64.1 Å². The van der Waals surface area contributed by atoms with E-state index in [-0.39, 0.29) is 24.4 Å². The first-order chi connectivity index (χ1) is 15.8. The summed E-state index contributed by atoms with van der Waals surface area (Å²) in [6.07, 6.45) is 3.65. The van der Waals surface area contributed by atoms with Crippen LogP contribution in [0.15, 0.2) is 42.5 Å². The molecule has 2 aromatic rings. The second-order valence-corrected chi connectivity index (χ2v) is 10.1. The molecular formula is C26H43NO4Si2. The fourth-order valence-electron chi connectivity index (χ4n) is 3.65. The molecule has 0 saturated heterocycles. The molecule has 0 aliphatic rings. The third-order valence-electron chi connectivity index (χ3n) is 6.16. The molecule has 0 spiro atoms. The highest BCUT2D eigenvalue weighted by Crippen LogP contribution is 2.23. The number of nitrogens with two attached hydrogens (primary N) is 1. The van der Waals surface area contributed by atoms with Crippen LogP contribution in [-0.4, -0.2) is 52.7 Å². The molecule has 0 aliphatic heterocycles. The van der Waals surface area contributed by atoms with E-state index in [4.69, 9.17) is 24.1 Å². The van der Waals surface area contributed by atoms with Gasteiger partial charge in [-0.05, 0) is 69.2 Å². The largest absolute Gasteiger partial charge is 0.425 e. The Morgan fingerprint density at radius 3 is 1.91 bits per heavy atom. The lowest BCUT2D eigenvalue weighted by Gasteiger charge is -2.26. The van der Waals surface area contributed by atoms with Gasteiger partial charge in [0.25, 0.3) is 0 Å². The van der Waals surface area contributed by atoms with Crippen molar-refractivity contribution in [2.75, 3.05) is 18.9 Å². The molecule has 0 aromatic heterocycles. The van der Waals surface area contributed by atoms with Gasteiger partial charge in [-0.25, -0.2) is 0 Å². The van der Waals surface area contributed by atoms with Gasteiger partial charge in [-0.15, -0.1) is 0 Å². The van der Waals surface area contributed by atoms with Gasteiger partial charge >= 0.3 is 0 Å². The van der Waals surface area contributed by atoms with Crippen molar-refractivity contribution in [3.8, 4) is 0 Å². The molecule has 2 rings (SSSR count). The van der Waals surface area contributed by atoms with Crippen LogP contribution < -0.4 is 5.73 Å². The van der Waals surface area contributed by atoms with E-state index in [0.717, 1.165) is 57.9 Å². The molecule has 0 fully saturated rings. The van der Waals surface area contributed by atoms with E-state index in [9.17, 15) is 0 Å². The van der Waals surface area contributed by atoms with Gasteiger partial charge in [0.2, 0.25) is 0 Å². The second-order valence-electron chi connectivity index (χ2n) is 9.16. The predicted octanol–water partition coefficient (Wildman–Crippen LogP) is 2.86. The zero-order valence-corrected chi connectivity index (χ0v) is 25.3. The van der Waals surface area contributed by atoms with Gasteiger partial charge in [-0.3, -0.25) is 0 Å². The van der Waals surface area contributed by atoms with Crippen molar-refractivity contribution >= 4 is 26.7 Å². The van der Waals surface area contributed by atoms with Gasteiger partial charge in [0.1, 0.15) is 21.0 Å². The van der Waals surface area contributed by atoms with E-state index in [1.165, 1.54) is 16.7 Å². The molecule has 33 heavy (non-hydrogen) atoms. The third kappa shape index (κ3) is 10.1. The summed E-state index contributed by atoms with van der Waals surface area (Å²) in [5.41, 5.74) is 12.1. The molecule has 0 radical (unpaired) electrons. The topological polar surface area (TPSA) is 62.9 Å².